The van der Waals surface area contributed by atoms with E-state index in [1.165, 1.54) is 0 Å². The molecular weight excluding hydrogens is 270 g/mol. The molecule has 2 heterocycles. The fourth-order valence-corrected chi connectivity index (χ4v) is 2.55. The Hall–Kier alpha value is -2.53. The van der Waals surface area contributed by atoms with E-state index in [0.29, 0.717) is 17.1 Å². The van der Waals surface area contributed by atoms with Gasteiger partial charge in [-0.2, -0.15) is 0 Å². The molecule has 0 unspecified atom stereocenters. The number of nitrogen functional groups attached to an aromatic ring is 1. The molecule has 4 nitrogen and oxygen atoms in total. The molecule has 0 saturated carbocycles. The summed E-state index contributed by atoms with van der Waals surface area (Å²) in [6, 6.07) is 11.1. The van der Waals surface area contributed by atoms with E-state index in [4.69, 9.17) is 5.73 Å². The summed E-state index contributed by atoms with van der Waals surface area (Å²) in [5.74, 6) is 0.379. The average molecular weight is 281 g/mol. The Morgan fingerprint density at radius 3 is 2.60 bits per heavy atom. The van der Waals surface area contributed by atoms with E-state index in [1.54, 1.807) is 29.7 Å². The van der Waals surface area contributed by atoms with Crippen LogP contribution < -0.4 is 5.73 Å². The fourth-order valence-electron chi connectivity index (χ4n) is 1.87. The number of hydrogen-bond acceptors (Lipinski definition) is 5. The Bertz CT molecular complexity index is 736. The van der Waals surface area contributed by atoms with Gasteiger partial charge in [0.2, 0.25) is 0 Å². The van der Waals surface area contributed by atoms with Crippen molar-refractivity contribution in [2.24, 2.45) is 0 Å². The number of aromatic nitrogens is 2. The number of carbonyl (C=O) groups is 1. The average Bonchev–Trinajstić information content (AvgIpc) is 3.02. The molecule has 20 heavy (non-hydrogen) atoms. The van der Waals surface area contributed by atoms with Gasteiger partial charge in [-0.3, -0.25) is 4.79 Å². The summed E-state index contributed by atoms with van der Waals surface area (Å²) in [4.78, 5) is 20.5. The van der Waals surface area contributed by atoms with Gasteiger partial charge >= 0.3 is 0 Å². The Kier molecular flexibility index (Phi) is 3.26. The van der Waals surface area contributed by atoms with Gasteiger partial charge in [-0.15, -0.1) is 11.3 Å². The smallest absolute Gasteiger partial charge is 0.150 e. The minimum atomic E-state index is 0.379. The van der Waals surface area contributed by atoms with E-state index in [0.717, 1.165) is 22.4 Å². The SMILES string of the molecule is Nc1ncc(-c2cccs2)nc1-c1ccc(C=O)cc1. The standard InChI is InChI=1S/C15H11N3OS/c16-15-14(11-5-3-10(9-19)4-6-11)18-12(8-17-15)13-2-1-7-20-13/h1-9H,(H2,16,17). The monoisotopic (exact) mass is 281 g/mol. The molecule has 3 rings (SSSR count). The van der Waals surface area contributed by atoms with Crippen LogP contribution in [0, 0.1) is 0 Å². The first-order valence-electron chi connectivity index (χ1n) is 6.00. The van der Waals surface area contributed by atoms with Gasteiger partial charge in [0, 0.05) is 11.1 Å². The molecule has 0 radical (unpaired) electrons. The van der Waals surface area contributed by atoms with Crippen molar-refractivity contribution in [2.75, 3.05) is 5.73 Å². The number of benzene rings is 1. The molecule has 0 fully saturated rings. The third-order valence-corrected chi connectivity index (χ3v) is 3.79. The lowest BCUT2D eigenvalue weighted by molar-refractivity contribution is 0.112. The highest BCUT2D eigenvalue weighted by atomic mass is 32.1. The van der Waals surface area contributed by atoms with Crippen LogP contribution in [0.3, 0.4) is 0 Å². The largest absolute Gasteiger partial charge is 0.382 e. The third kappa shape index (κ3) is 2.31. The lowest BCUT2D eigenvalue weighted by atomic mass is 10.1. The number of aldehydes is 1. The molecule has 0 bridgehead atoms. The molecule has 0 saturated heterocycles. The second kappa shape index (κ2) is 5.22. The van der Waals surface area contributed by atoms with Gasteiger partial charge in [-0.25, -0.2) is 9.97 Å². The molecule has 2 N–H and O–H groups in total. The lowest BCUT2D eigenvalue weighted by Gasteiger charge is -2.06. The minimum Gasteiger partial charge on any atom is -0.382 e. The highest BCUT2D eigenvalue weighted by Gasteiger charge is 2.09. The molecule has 2 aromatic heterocycles. The first-order valence-corrected chi connectivity index (χ1v) is 6.88. The van der Waals surface area contributed by atoms with E-state index in [-0.39, 0.29) is 0 Å². The molecule has 1 aromatic carbocycles. The zero-order chi connectivity index (χ0) is 13.9. The zero-order valence-electron chi connectivity index (χ0n) is 10.5. The third-order valence-electron chi connectivity index (χ3n) is 2.89. The van der Waals surface area contributed by atoms with E-state index in [9.17, 15) is 4.79 Å². The Labute approximate surface area is 119 Å². The van der Waals surface area contributed by atoms with Crippen LogP contribution in [0.2, 0.25) is 0 Å². The predicted octanol–water partition coefficient (Wildman–Crippen LogP) is 3.27. The van der Waals surface area contributed by atoms with E-state index >= 15 is 0 Å². The zero-order valence-corrected chi connectivity index (χ0v) is 11.3. The second-order valence-corrected chi connectivity index (χ2v) is 5.15. The van der Waals surface area contributed by atoms with Gasteiger partial charge in [0.15, 0.2) is 0 Å². The quantitative estimate of drug-likeness (QED) is 0.748. The van der Waals surface area contributed by atoms with Crippen LogP contribution in [0.5, 0.6) is 0 Å². The summed E-state index contributed by atoms with van der Waals surface area (Å²) in [5.41, 5.74) is 8.80. The Morgan fingerprint density at radius 2 is 1.95 bits per heavy atom. The highest BCUT2D eigenvalue weighted by Crippen LogP contribution is 2.28. The van der Waals surface area contributed by atoms with Gasteiger partial charge in [-0.1, -0.05) is 30.3 Å². The number of rotatable bonds is 3. The maximum absolute atomic E-state index is 10.7. The van der Waals surface area contributed by atoms with Crippen molar-refractivity contribution in [2.45, 2.75) is 0 Å². The Morgan fingerprint density at radius 1 is 1.15 bits per heavy atom. The van der Waals surface area contributed by atoms with Crippen LogP contribution >= 0.6 is 11.3 Å². The first-order chi connectivity index (χ1) is 9.78. The second-order valence-electron chi connectivity index (χ2n) is 4.21. The van der Waals surface area contributed by atoms with E-state index < -0.39 is 0 Å². The minimum absolute atomic E-state index is 0.379. The molecule has 0 aliphatic carbocycles. The molecule has 0 atom stereocenters. The van der Waals surface area contributed by atoms with Crippen molar-refractivity contribution in [3.8, 4) is 21.8 Å². The van der Waals surface area contributed by atoms with Gasteiger partial charge in [0.25, 0.3) is 0 Å². The van der Waals surface area contributed by atoms with Crippen molar-refractivity contribution in [3.63, 3.8) is 0 Å². The van der Waals surface area contributed by atoms with Crippen molar-refractivity contribution in [1.82, 2.24) is 9.97 Å². The summed E-state index contributed by atoms with van der Waals surface area (Å²) in [7, 11) is 0. The first kappa shape index (κ1) is 12.5. The van der Waals surface area contributed by atoms with Gasteiger partial charge in [0.1, 0.15) is 17.8 Å². The maximum Gasteiger partial charge on any atom is 0.150 e. The number of hydrogen-bond donors (Lipinski definition) is 1. The van der Waals surface area contributed by atoms with Crippen LogP contribution in [-0.2, 0) is 0 Å². The molecule has 0 aliphatic heterocycles. The van der Waals surface area contributed by atoms with Crippen LogP contribution in [0.25, 0.3) is 21.8 Å². The topological polar surface area (TPSA) is 68.9 Å². The molecule has 0 aliphatic rings. The van der Waals surface area contributed by atoms with Crippen molar-refractivity contribution in [1.29, 1.82) is 0 Å². The van der Waals surface area contributed by atoms with Gasteiger partial charge in [-0.05, 0) is 11.4 Å². The summed E-state index contributed by atoms with van der Waals surface area (Å²) in [5, 5.41) is 1.99. The number of nitrogens with zero attached hydrogens (tertiary/aromatic N) is 2. The van der Waals surface area contributed by atoms with Crippen LogP contribution in [0.4, 0.5) is 5.82 Å². The summed E-state index contributed by atoms with van der Waals surface area (Å²) in [6.07, 6.45) is 2.48. The fraction of sp³-hybridized carbons (Fsp3) is 0. The number of thiophene rings is 1. The molecule has 0 spiro atoms. The number of anilines is 1. The number of nitrogens with two attached hydrogens (primary N) is 1. The molecule has 0 amide bonds. The van der Waals surface area contributed by atoms with Crippen molar-refractivity contribution in [3.05, 3.63) is 53.5 Å². The molecule has 5 heteroatoms. The van der Waals surface area contributed by atoms with Crippen molar-refractivity contribution < 1.29 is 4.79 Å². The molecular formula is C15H11N3OS. The van der Waals surface area contributed by atoms with E-state index in [2.05, 4.69) is 9.97 Å². The van der Waals surface area contributed by atoms with Crippen molar-refractivity contribution >= 4 is 23.4 Å². The number of carbonyl (C=O) groups excluding carboxylic acids is 1. The summed E-state index contributed by atoms with van der Waals surface area (Å²) < 4.78 is 0. The highest BCUT2D eigenvalue weighted by molar-refractivity contribution is 7.13. The maximum atomic E-state index is 10.7. The Balaban J connectivity index is 2.07. The van der Waals surface area contributed by atoms with Gasteiger partial charge < -0.3 is 5.73 Å². The van der Waals surface area contributed by atoms with Crippen LogP contribution in [0.15, 0.2) is 48.0 Å². The van der Waals surface area contributed by atoms with Crippen LogP contribution in [0.1, 0.15) is 10.4 Å². The van der Waals surface area contributed by atoms with E-state index in [1.807, 2.05) is 29.6 Å². The van der Waals surface area contributed by atoms with Crippen LogP contribution in [-0.4, -0.2) is 16.3 Å². The summed E-state index contributed by atoms with van der Waals surface area (Å²) >= 11 is 1.60. The molecule has 3 aromatic rings. The van der Waals surface area contributed by atoms with Gasteiger partial charge in [0.05, 0.1) is 16.8 Å². The summed E-state index contributed by atoms with van der Waals surface area (Å²) in [6.45, 7) is 0. The lowest BCUT2D eigenvalue weighted by Crippen LogP contribution is -1.98. The normalized spacial score (nSPS) is 10.4. The predicted molar refractivity (Wildman–Crippen MR) is 80.6 cm³/mol. The molecule has 98 valence electrons.